The molecule has 0 aliphatic carbocycles. The zero-order valence-corrected chi connectivity index (χ0v) is 17.0. The van der Waals surface area contributed by atoms with Crippen molar-refractivity contribution in [1.29, 1.82) is 0 Å². The van der Waals surface area contributed by atoms with E-state index in [0.717, 1.165) is 0 Å². The van der Waals surface area contributed by atoms with Crippen molar-refractivity contribution in [2.75, 3.05) is 7.11 Å². The number of rotatable bonds is 6. The lowest BCUT2D eigenvalue weighted by atomic mass is 10.1. The van der Waals surface area contributed by atoms with Crippen LogP contribution in [0, 0.1) is 17.0 Å². The van der Waals surface area contributed by atoms with Crippen LogP contribution in [0.15, 0.2) is 58.8 Å². The summed E-state index contributed by atoms with van der Waals surface area (Å²) in [7, 11) is -3.03. The van der Waals surface area contributed by atoms with E-state index in [0.29, 0.717) is 16.0 Å². The summed E-state index contributed by atoms with van der Waals surface area (Å²) in [5.41, 5.74) is 0.615. The molecule has 10 heteroatoms. The van der Waals surface area contributed by atoms with Crippen molar-refractivity contribution in [3.05, 3.63) is 75.2 Å². The Labute approximate surface area is 170 Å². The number of hydrogen-bond acceptors (Lipinski definition) is 8. The predicted octanol–water partition coefficient (Wildman–Crippen LogP) is 4.19. The van der Waals surface area contributed by atoms with Gasteiger partial charge < -0.3 is 8.92 Å². The van der Waals surface area contributed by atoms with E-state index in [4.69, 9.17) is 4.18 Å². The van der Waals surface area contributed by atoms with Crippen molar-refractivity contribution < 1.29 is 27.1 Å². The molecule has 0 fully saturated rings. The molecule has 1 heterocycles. The number of esters is 1. The van der Waals surface area contributed by atoms with Gasteiger partial charge in [0, 0.05) is 22.6 Å². The molecular formula is C19H15NO7S2. The van der Waals surface area contributed by atoms with Crippen LogP contribution < -0.4 is 4.18 Å². The highest BCUT2D eigenvalue weighted by molar-refractivity contribution is 7.87. The van der Waals surface area contributed by atoms with Crippen molar-refractivity contribution >= 4 is 33.1 Å². The summed E-state index contributed by atoms with van der Waals surface area (Å²) in [6.07, 6.45) is 0. The Morgan fingerprint density at radius 2 is 1.90 bits per heavy atom. The molecule has 3 rings (SSSR count). The van der Waals surface area contributed by atoms with E-state index < -0.39 is 21.0 Å². The summed E-state index contributed by atoms with van der Waals surface area (Å²) >= 11 is 1.29. The molecule has 29 heavy (non-hydrogen) atoms. The highest BCUT2D eigenvalue weighted by Gasteiger charge is 2.24. The van der Waals surface area contributed by atoms with Crippen molar-refractivity contribution in [3.8, 4) is 16.2 Å². The Kier molecular flexibility index (Phi) is 5.66. The molecule has 0 spiro atoms. The number of methoxy groups -OCH3 is 1. The third-order valence-electron chi connectivity index (χ3n) is 4.03. The maximum absolute atomic E-state index is 12.8. The van der Waals surface area contributed by atoms with Gasteiger partial charge >= 0.3 is 16.1 Å². The molecule has 0 aliphatic heterocycles. The van der Waals surface area contributed by atoms with Gasteiger partial charge in [-0.2, -0.15) is 8.42 Å². The van der Waals surface area contributed by atoms with Crippen molar-refractivity contribution in [2.24, 2.45) is 0 Å². The van der Waals surface area contributed by atoms with Gasteiger partial charge in [0.25, 0.3) is 5.69 Å². The molecule has 0 radical (unpaired) electrons. The van der Waals surface area contributed by atoms with Crippen molar-refractivity contribution in [2.45, 2.75) is 11.8 Å². The SMILES string of the molecule is COC(=O)c1ccc(S(=O)(=O)Oc2ccc([N+](=O)[O-])cc2-c2cccs2)c(C)c1. The van der Waals surface area contributed by atoms with Crippen LogP contribution in [0.3, 0.4) is 0 Å². The minimum absolute atomic E-state index is 0.0329. The van der Waals surface area contributed by atoms with Crippen LogP contribution in [0.2, 0.25) is 0 Å². The summed E-state index contributed by atoms with van der Waals surface area (Å²) in [6, 6.07) is 11.1. The molecule has 150 valence electrons. The van der Waals surface area contributed by atoms with Crippen LogP contribution >= 0.6 is 11.3 Å². The number of carbonyl (C=O) groups is 1. The Hall–Kier alpha value is -3.24. The maximum Gasteiger partial charge on any atom is 0.339 e. The van der Waals surface area contributed by atoms with Crippen LogP contribution in [0.25, 0.3) is 10.4 Å². The Bertz CT molecular complexity index is 1190. The van der Waals surface area contributed by atoms with E-state index in [1.54, 1.807) is 17.5 Å². The third kappa shape index (κ3) is 4.28. The van der Waals surface area contributed by atoms with Gasteiger partial charge in [-0.1, -0.05) is 6.07 Å². The van der Waals surface area contributed by atoms with Gasteiger partial charge in [0.05, 0.1) is 17.6 Å². The second kappa shape index (κ2) is 8.02. The molecule has 1 aromatic heterocycles. The fourth-order valence-corrected chi connectivity index (χ4v) is 4.57. The largest absolute Gasteiger partial charge is 0.465 e. The quantitative estimate of drug-likeness (QED) is 0.248. The van der Waals surface area contributed by atoms with Gasteiger partial charge in [-0.05, 0) is 48.2 Å². The minimum atomic E-state index is -4.26. The Morgan fingerprint density at radius 3 is 2.48 bits per heavy atom. The number of benzene rings is 2. The summed E-state index contributed by atoms with van der Waals surface area (Å²) in [5.74, 6) is -0.622. The molecule has 0 saturated heterocycles. The van der Waals surface area contributed by atoms with Crippen LogP contribution in [0.1, 0.15) is 15.9 Å². The standard InChI is InChI=1S/C19H15NO7S2/c1-12-10-13(19(21)26-2)5-8-18(12)29(24,25)27-16-7-6-14(20(22)23)11-15(16)17-4-3-9-28-17/h3-11H,1-2H3. The number of non-ortho nitro benzene ring substituents is 1. The maximum atomic E-state index is 12.8. The number of hydrogen-bond donors (Lipinski definition) is 0. The molecule has 0 N–H and O–H groups in total. The first-order valence-electron chi connectivity index (χ1n) is 8.18. The summed E-state index contributed by atoms with van der Waals surface area (Å²) in [5, 5.41) is 12.9. The van der Waals surface area contributed by atoms with Gasteiger partial charge in [-0.3, -0.25) is 10.1 Å². The average molecular weight is 433 g/mol. The van der Waals surface area contributed by atoms with Gasteiger partial charge in [0.1, 0.15) is 4.90 Å². The zero-order valence-electron chi connectivity index (χ0n) is 15.3. The van der Waals surface area contributed by atoms with E-state index >= 15 is 0 Å². The van der Waals surface area contributed by atoms with E-state index in [1.165, 1.54) is 61.8 Å². The second-order valence-corrected chi connectivity index (χ2v) is 8.39. The van der Waals surface area contributed by atoms with Crippen LogP contribution in [-0.4, -0.2) is 26.4 Å². The highest BCUT2D eigenvalue weighted by Crippen LogP contribution is 2.37. The van der Waals surface area contributed by atoms with Gasteiger partial charge in [0.2, 0.25) is 0 Å². The van der Waals surface area contributed by atoms with E-state index in [9.17, 15) is 23.3 Å². The molecule has 0 amide bonds. The number of ether oxygens (including phenoxy) is 1. The first kappa shape index (κ1) is 20.5. The van der Waals surface area contributed by atoms with E-state index in [1.807, 2.05) is 0 Å². The molecular weight excluding hydrogens is 418 g/mol. The Morgan fingerprint density at radius 1 is 1.14 bits per heavy atom. The topological polar surface area (TPSA) is 113 Å². The number of nitro groups is 1. The monoisotopic (exact) mass is 433 g/mol. The number of carbonyl (C=O) groups excluding carboxylic acids is 1. The lowest BCUT2D eigenvalue weighted by Gasteiger charge is -2.13. The van der Waals surface area contributed by atoms with E-state index in [2.05, 4.69) is 4.74 Å². The minimum Gasteiger partial charge on any atom is -0.465 e. The normalized spacial score (nSPS) is 11.1. The summed E-state index contributed by atoms with van der Waals surface area (Å²) in [4.78, 5) is 22.7. The molecule has 2 aromatic carbocycles. The molecule has 0 atom stereocenters. The number of thiophene rings is 1. The summed E-state index contributed by atoms with van der Waals surface area (Å²) in [6.45, 7) is 1.53. The molecule has 3 aromatic rings. The van der Waals surface area contributed by atoms with Crippen LogP contribution in [0.4, 0.5) is 5.69 Å². The lowest BCUT2D eigenvalue weighted by molar-refractivity contribution is -0.384. The fraction of sp³-hybridized carbons (Fsp3) is 0.105. The zero-order chi connectivity index (χ0) is 21.2. The second-order valence-electron chi connectivity index (χ2n) is 5.92. The van der Waals surface area contributed by atoms with E-state index in [-0.39, 0.29) is 21.9 Å². The van der Waals surface area contributed by atoms with Crippen LogP contribution in [0.5, 0.6) is 5.75 Å². The van der Waals surface area contributed by atoms with Crippen LogP contribution in [-0.2, 0) is 14.9 Å². The first-order chi connectivity index (χ1) is 13.7. The van der Waals surface area contributed by atoms with Gasteiger partial charge in [-0.15, -0.1) is 11.3 Å². The number of nitro benzene ring substituents is 1. The van der Waals surface area contributed by atoms with Gasteiger partial charge in [-0.25, -0.2) is 4.79 Å². The fourth-order valence-electron chi connectivity index (χ4n) is 2.67. The smallest absolute Gasteiger partial charge is 0.339 e. The lowest BCUT2D eigenvalue weighted by Crippen LogP contribution is -2.13. The molecule has 0 saturated carbocycles. The molecule has 8 nitrogen and oxygen atoms in total. The Balaban J connectivity index is 2.03. The van der Waals surface area contributed by atoms with Gasteiger partial charge in [0.15, 0.2) is 5.75 Å². The number of aryl methyl sites for hydroxylation is 1. The first-order valence-corrected chi connectivity index (χ1v) is 10.5. The van der Waals surface area contributed by atoms with Crippen molar-refractivity contribution in [1.82, 2.24) is 0 Å². The molecule has 0 aliphatic rings. The van der Waals surface area contributed by atoms with Crippen molar-refractivity contribution in [3.63, 3.8) is 0 Å². The molecule has 0 unspecified atom stereocenters. The third-order valence-corrected chi connectivity index (χ3v) is 6.32. The number of nitrogens with zero attached hydrogens (tertiary/aromatic N) is 1. The highest BCUT2D eigenvalue weighted by atomic mass is 32.2. The predicted molar refractivity (Wildman–Crippen MR) is 107 cm³/mol. The summed E-state index contributed by atoms with van der Waals surface area (Å²) < 4.78 is 35.6. The molecule has 0 bridgehead atoms. The average Bonchev–Trinajstić information content (AvgIpc) is 3.21.